The molecule has 3 heteroatoms. The van der Waals surface area contributed by atoms with E-state index in [2.05, 4.69) is 11.9 Å². The molecule has 0 spiro atoms. The minimum Gasteiger partial charge on any atom is -0.378 e. The summed E-state index contributed by atoms with van der Waals surface area (Å²) in [6.07, 6.45) is 4.79. The van der Waals surface area contributed by atoms with Gasteiger partial charge < -0.3 is 9.64 Å². The third-order valence-electron chi connectivity index (χ3n) is 2.22. The normalized spacial score (nSPS) is 21.1. The zero-order valence-corrected chi connectivity index (χ0v) is 7.58. The molecular formula is C9H16NO2. The minimum absolute atomic E-state index is 0.370. The van der Waals surface area contributed by atoms with Gasteiger partial charge in [-0.3, -0.25) is 4.79 Å². The van der Waals surface area contributed by atoms with Gasteiger partial charge in [-0.1, -0.05) is 0 Å². The molecule has 0 unspecified atom stereocenters. The highest BCUT2D eigenvalue weighted by molar-refractivity contribution is 5.50. The molecule has 0 bridgehead atoms. The van der Waals surface area contributed by atoms with Crippen LogP contribution >= 0.6 is 0 Å². The van der Waals surface area contributed by atoms with Gasteiger partial charge in [0.2, 0.25) is 6.29 Å². The molecule has 0 aromatic rings. The van der Waals surface area contributed by atoms with Gasteiger partial charge in [-0.25, -0.2) is 0 Å². The molecule has 1 rings (SSSR count). The van der Waals surface area contributed by atoms with Gasteiger partial charge in [-0.2, -0.15) is 0 Å². The summed E-state index contributed by atoms with van der Waals surface area (Å²) in [5, 5.41) is 0. The SMILES string of the molecule is CN1CCC(OCC[C]=O)CC1. The number of nitrogens with zero attached hydrogens (tertiary/aromatic N) is 1. The molecule has 0 N–H and O–H groups in total. The van der Waals surface area contributed by atoms with E-state index >= 15 is 0 Å². The van der Waals surface area contributed by atoms with Crippen LogP contribution in [0.3, 0.4) is 0 Å². The van der Waals surface area contributed by atoms with E-state index in [4.69, 9.17) is 4.74 Å². The summed E-state index contributed by atoms with van der Waals surface area (Å²) >= 11 is 0. The number of piperidine rings is 1. The fourth-order valence-electron chi connectivity index (χ4n) is 1.42. The van der Waals surface area contributed by atoms with Crippen LogP contribution in [0.2, 0.25) is 0 Å². The van der Waals surface area contributed by atoms with Gasteiger partial charge >= 0.3 is 0 Å². The van der Waals surface area contributed by atoms with Crippen molar-refractivity contribution in [2.24, 2.45) is 0 Å². The van der Waals surface area contributed by atoms with Crippen molar-refractivity contribution in [3.05, 3.63) is 0 Å². The molecule has 0 aromatic carbocycles. The third kappa shape index (κ3) is 3.32. The summed E-state index contributed by atoms with van der Waals surface area (Å²) < 4.78 is 5.48. The lowest BCUT2D eigenvalue weighted by Gasteiger charge is -2.28. The maximum Gasteiger partial charge on any atom is 0.200 e. The highest BCUT2D eigenvalue weighted by atomic mass is 16.5. The quantitative estimate of drug-likeness (QED) is 0.578. The van der Waals surface area contributed by atoms with E-state index in [0.717, 1.165) is 25.9 Å². The Hall–Kier alpha value is -0.410. The predicted molar refractivity (Wildman–Crippen MR) is 46.8 cm³/mol. The zero-order chi connectivity index (χ0) is 8.81. The minimum atomic E-state index is 0.370. The van der Waals surface area contributed by atoms with E-state index in [-0.39, 0.29) is 0 Å². The monoisotopic (exact) mass is 170 g/mol. The average molecular weight is 170 g/mol. The van der Waals surface area contributed by atoms with Crippen LogP contribution in [0.4, 0.5) is 0 Å². The second kappa shape index (κ2) is 5.27. The summed E-state index contributed by atoms with van der Waals surface area (Å²) in [6.45, 7) is 2.75. The topological polar surface area (TPSA) is 29.5 Å². The Bertz CT molecular complexity index is 130. The van der Waals surface area contributed by atoms with Gasteiger partial charge in [-0.15, -0.1) is 0 Å². The number of hydrogen-bond acceptors (Lipinski definition) is 3. The first kappa shape index (κ1) is 9.68. The van der Waals surface area contributed by atoms with E-state index < -0.39 is 0 Å². The van der Waals surface area contributed by atoms with Crippen LogP contribution in [0.15, 0.2) is 0 Å². The van der Waals surface area contributed by atoms with Crippen molar-refractivity contribution >= 4 is 6.29 Å². The lowest BCUT2D eigenvalue weighted by atomic mass is 10.1. The van der Waals surface area contributed by atoms with Gasteiger partial charge in [0.15, 0.2) is 0 Å². The first-order valence-electron chi connectivity index (χ1n) is 4.48. The molecule has 1 aliphatic rings. The predicted octanol–water partition coefficient (Wildman–Crippen LogP) is 0.597. The molecule has 0 aliphatic carbocycles. The number of likely N-dealkylation sites (tertiary alicyclic amines) is 1. The number of carbonyl (C=O) groups excluding carboxylic acids is 1. The maximum absolute atomic E-state index is 9.89. The van der Waals surface area contributed by atoms with Crippen LogP contribution in [-0.4, -0.2) is 44.0 Å². The van der Waals surface area contributed by atoms with Crippen LogP contribution in [0.25, 0.3) is 0 Å². The zero-order valence-electron chi connectivity index (χ0n) is 7.58. The van der Waals surface area contributed by atoms with E-state index in [0.29, 0.717) is 19.1 Å². The van der Waals surface area contributed by atoms with Crippen molar-refractivity contribution in [2.45, 2.75) is 25.4 Å². The van der Waals surface area contributed by atoms with E-state index in [9.17, 15) is 4.79 Å². The Kier molecular flexibility index (Phi) is 4.25. The van der Waals surface area contributed by atoms with Crippen molar-refractivity contribution < 1.29 is 9.53 Å². The van der Waals surface area contributed by atoms with E-state index in [1.165, 1.54) is 0 Å². The molecule has 69 valence electrons. The van der Waals surface area contributed by atoms with Crippen molar-refractivity contribution in [1.82, 2.24) is 4.90 Å². The second-order valence-corrected chi connectivity index (χ2v) is 3.27. The summed E-state index contributed by atoms with van der Waals surface area (Å²) in [4.78, 5) is 12.2. The molecule has 0 aromatic heterocycles. The molecule has 12 heavy (non-hydrogen) atoms. The molecule has 0 amide bonds. The molecule has 1 radical (unpaired) electrons. The molecule has 1 fully saturated rings. The Morgan fingerprint density at radius 3 is 2.75 bits per heavy atom. The summed E-state index contributed by atoms with van der Waals surface area (Å²) in [6, 6.07) is 0. The number of ether oxygens (including phenoxy) is 1. The van der Waals surface area contributed by atoms with Crippen molar-refractivity contribution in [3.8, 4) is 0 Å². The number of hydrogen-bond donors (Lipinski definition) is 0. The fraction of sp³-hybridized carbons (Fsp3) is 0.889. The van der Waals surface area contributed by atoms with Crippen LogP contribution < -0.4 is 0 Å². The van der Waals surface area contributed by atoms with E-state index in [1.54, 1.807) is 0 Å². The van der Waals surface area contributed by atoms with Crippen molar-refractivity contribution in [1.29, 1.82) is 0 Å². The average Bonchev–Trinajstić information content (AvgIpc) is 2.09. The van der Waals surface area contributed by atoms with Gasteiger partial charge in [0.25, 0.3) is 0 Å². The highest BCUT2D eigenvalue weighted by Gasteiger charge is 2.16. The van der Waals surface area contributed by atoms with Crippen molar-refractivity contribution in [2.75, 3.05) is 26.7 Å². The molecule has 1 saturated heterocycles. The molecule has 0 atom stereocenters. The van der Waals surface area contributed by atoms with Gasteiger partial charge in [0, 0.05) is 19.5 Å². The van der Waals surface area contributed by atoms with Crippen molar-refractivity contribution in [3.63, 3.8) is 0 Å². The second-order valence-electron chi connectivity index (χ2n) is 3.27. The van der Waals surface area contributed by atoms with Crippen LogP contribution in [0.5, 0.6) is 0 Å². The Morgan fingerprint density at radius 2 is 2.17 bits per heavy atom. The molecule has 3 nitrogen and oxygen atoms in total. The standard InChI is InChI=1S/C9H16NO2/c1-10-5-3-9(4-6-10)12-8-2-7-11/h9H,2-6,8H2,1H3. The van der Waals surface area contributed by atoms with E-state index in [1.807, 2.05) is 6.29 Å². The smallest absolute Gasteiger partial charge is 0.200 e. The first-order chi connectivity index (χ1) is 5.83. The Balaban J connectivity index is 2.05. The van der Waals surface area contributed by atoms with Gasteiger partial charge in [0.1, 0.15) is 0 Å². The molecule has 1 heterocycles. The molecule has 0 saturated carbocycles. The van der Waals surface area contributed by atoms with Gasteiger partial charge in [-0.05, 0) is 19.9 Å². The Morgan fingerprint density at radius 1 is 1.50 bits per heavy atom. The Labute approximate surface area is 73.7 Å². The lowest BCUT2D eigenvalue weighted by molar-refractivity contribution is 0.0161. The third-order valence-corrected chi connectivity index (χ3v) is 2.22. The first-order valence-corrected chi connectivity index (χ1v) is 4.48. The van der Waals surface area contributed by atoms with Crippen LogP contribution in [0, 0.1) is 0 Å². The fourth-order valence-corrected chi connectivity index (χ4v) is 1.42. The largest absolute Gasteiger partial charge is 0.378 e. The maximum atomic E-state index is 9.89. The highest BCUT2D eigenvalue weighted by Crippen LogP contribution is 2.11. The van der Waals surface area contributed by atoms with Crippen LogP contribution in [-0.2, 0) is 9.53 Å². The summed E-state index contributed by atoms with van der Waals surface area (Å²) in [5.74, 6) is 0. The molecular weight excluding hydrogens is 154 g/mol. The molecule has 1 aliphatic heterocycles. The van der Waals surface area contributed by atoms with Gasteiger partial charge in [0.05, 0.1) is 12.7 Å². The number of rotatable bonds is 4. The van der Waals surface area contributed by atoms with Crippen LogP contribution in [0.1, 0.15) is 19.3 Å². The lowest BCUT2D eigenvalue weighted by Crippen LogP contribution is -2.34. The summed E-state index contributed by atoms with van der Waals surface area (Å²) in [5.41, 5.74) is 0. The summed E-state index contributed by atoms with van der Waals surface area (Å²) in [7, 11) is 2.12.